The van der Waals surface area contributed by atoms with Crippen molar-refractivity contribution < 1.29 is 4.74 Å². The normalized spacial score (nSPS) is 10.1. The van der Waals surface area contributed by atoms with Crippen LogP contribution in [0.15, 0.2) is 48.8 Å². The fraction of sp³-hybridized carbons (Fsp3) is 0.214. The van der Waals surface area contributed by atoms with E-state index in [2.05, 4.69) is 24.0 Å². The molecule has 2 aromatic rings. The summed E-state index contributed by atoms with van der Waals surface area (Å²) in [4.78, 5) is 4.07. The van der Waals surface area contributed by atoms with E-state index in [1.165, 1.54) is 11.1 Å². The Balaban J connectivity index is 1.85. The average Bonchev–Trinajstić information content (AvgIpc) is 2.30. The largest absolute Gasteiger partial charge is 0.493 e. The molecule has 1 aromatic carbocycles. The van der Waals surface area contributed by atoms with Crippen LogP contribution in [0.25, 0.3) is 0 Å². The minimum absolute atomic E-state index is 0.690. The topological polar surface area (TPSA) is 22.1 Å². The molecule has 0 spiro atoms. The van der Waals surface area contributed by atoms with Gasteiger partial charge < -0.3 is 4.74 Å². The van der Waals surface area contributed by atoms with E-state index in [9.17, 15) is 0 Å². The monoisotopic (exact) mass is 213 g/mol. The highest BCUT2D eigenvalue weighted by atomic mass is 16.5. The number of aromatic nitrogens is 1. The SMILES string of the molecule is Cc1cccc(OCCc2cccnc2)c1. The Morgan fingerprint density at radius 1 is 1.19 bits per heavy atom. The van der Waals surface area contributed by atoms with Crippen molar-refractivity contribution in [2.45, 2.75) is 13.3 Å². The molecule has 1 heterocycles. The predicted octanol–water partition coefficient (Wildman–Crippen LogP) is 3.01. The highest BCUT2D eigenvalue weighted by Crippen LogP contribution is 2.12. The van der Waals surface area contributed by atoms with Crippen LogP contribution in [0.2, 0.25) is 0 Å². The van der Waals surface area contributed by atoms with Crippen molar-refractivity contribution in [3.63, 3.8) is 0 Å². The molecule has 0 amide bonds. The summed E-state index contributed by atoms with van der Waals surface area (Å²) in [5.74, 6) is 0.934. The van der Waals surface area contributed by atoms with E-state index in [-0.39, 0.29) is 0 Å². The van der Waals surface area contributed by atoms with Gasteiger partial charge in [-0.05, 0) is 36.2 Å². The third-order valence-corrected chi connectivity index (χ3v) is 2.37. The molecule has 0 unspecified atom stereocenters. The zero-order valence-corrected chi connectivity index (χ0v) is 9.39. The Morgan fingerprint density at radius 2 is 2.12 bits per heavy atom. The molecule has 2 nitrogen and oxygen atoms in total. The Hall–Kier alpha value is -1.83. The first-order chi connectivity index (χ1) is 7.84. The van der Waals surface area contributed by atoms with Gasteiger partial charge in [-0.2, -0.15) is 0 Å². The van der Waals surface area contributed by atoms with Crippen molar-refractivity contribution in [3.8, 4) is 5.75 Å². The van der Waals surface area contributed by atoms with Gasteiger partial charge in [0.05, 0.1) is 6.61 Å². The molecule has 16 heavy (non-hydrogen) atoms. The summed E-state index contributed by atoms with van der Waals surface area (Å²) in [6, 6.07) is 12.1. The minimum Gasteiger partial charge on any atom is -0.493 e. The van der Waals surface area contributed by atoms with Gasteiger partial charge in [-0.1, -0.05) is 18.2 Å². The highest BCUT2D eigenvalue weighted by Gasteiger charge is 1.95. The van der Waals surface area contributed by atoms with E-state index in [1.807, 2.05) is 30.5 Å². The Bertz CT molecular complexity index is 439. The molecule has 0 radical (unpaired) electrons. The van der Waals surface area contributed by atoms with Crippen LogP contribution in [-0.2, 0) is 6.42 Å². The Kier molecular flexibility index (Phi) is 3.54. The van der Waals surface area contributed by atoms with Crippen LogP contribution in [0.3, 0.4) is 0 Å². The van der Waals surface area contributed by atoms with Gasteiger partial charge in [0.1, 0.15) is 5.75 Å². The van der Waals surface area contributed by atoms with Gasteiger partial charge in [0, 0.05) is 18.8 Å². The number of nitrogens with zero attached hydrogens (tertiary/aromatic N) is 1. The lowest BCUT2D eigenvalue weighted by Gasteiger charge is -2.06. The second-order valence-corrected chi connectivity index (χ2v) is 3.78. The summed E-state index contributed by atoms with van der Waals surface area (Å²) in [6.07, 6.45) is 4.55. The molecular weight excluding hydrogens is 198 g/mol. The third-order valence-electron chi connectivity index (χ3n) is 2.37. The quantitative estimate of drug-likeness (QED) is 0.778. The van der Waals surface area contributed by atoms with Gasteiger partial charge in [0.2, 0.25) is 0 Å². The summed E-state index contributed by atoms with van der Waals surface area (Å²) in [5, 5.41) is 0. The van der Waals surface area contributed by atoms with Crippen LogP contribution in [0, 0.1) is 6.92 Å². The van der Waals surface area contributed by atoms with Crippen molar-refractivity contribution in [2.75, 3.05) is 6.61 Å². The molecule has 1 aromatic heterocycles. The zero-order chi connectivity index (χ0) is 11.2. The standard InChI is InChI=1S/C14H15NO/c1-12-4-2-6-14(10-12)16-9-7-13-5-3-8-15-11-13/h2-6,8,10-11H,7,9H2,1H3. The summed E-state index contributed by atoms with van der Waals surface area (Å²) in [5.41, 5.74) is 2.43. The lowest BCUT2D eigenvalue weighted by molar-refractivity contribution is 0.321. The Morgan fingerprint density at radius 3 is 2.88 bits per heavy atom. The molecule has 0 bridgehead atoms. The number of pyridine rings is 1. The maximum atomic E-state index is 5.66. The fourth-order valence-corrected chi connectivity index (χ4v) is 1.54. The maximum absolute atomic E-state index is 5.66. The first-order valence-electron chi connectivity index (χ1n) is 5.43. The molecule has 2 rings (SSSR count). The molecule has 82 valence electrons. The predicted molar refractivity (Wildman–Crippen MR) is 64.6 cm³/mol. The number of aryl methyl sites for hydroxylation is 1. The van der Waals surface area contributed by atoms with E-state index in [1.54, 1.807) is 6.20 Å². The van der Waals surface area contributed by atoms with E-state index < -0.39 is 0 Å². The summed E-state index contributed by atoms with van der Waals surface area (Å²) >= 11 is 0. The van der Waals surface area contributed by atoms with E-state index in [4.69, 9.17) is 4.74 Å². The van der Waals surface area contributed by atoms with Crippen LogP contribution in [-0.4, -0.2) is 11.6 Å². The molecular formula is C14H15NO. The van der Waals surface area contributed by atoms with Crippen molar-refractivity contribution in [1.82, 2.24) is 4.98 Å². The third kappa shape index (κ3) is 3.09. The zero-order valence-electron chi connectivity index (χ0n) is 9.39. The Labute approximate surface area is 95.9 Å². The number of benzene rings is 1. The van der Waals surface area contributed by atoms with E-state index in [0.717, 1.165) is 12.2 Å². The fourth-order valence-electron chi connectivity index (χ4n) is 1.54. The number of rotatable bonds is 4. The smallest absolute Gasteiger partial charge is 0.119 e. The highest BCUT2D eigenvalue weighted by molar-refractivity contribution is 5.27. The lowest BCUT2D eigenvalue weighted by Crippen LogP contribution is -2.01. The van der Waals surface area contributed by atoms with Crippen LogP contribution < -0.4 is 4.74 Å². The molecule has 0 fully saturated rings. The first kappa shape index (κ1) is 10.7. The van der Waals surface area contributed by atoms with Gasteiger partial charge in [-0.3, -0.25) is 4.98 Å². The number of ether oxygens (including phenoxy) is 1. The lowest BCUT2D eigenvalue weighted by atomic mass is 10.2. The minimum atomic E-state index is 0.690. The summed E-state index contributed by atoms with van der Waals surface area (Å²) < 4.78 is 5.66. The van der Waals surface area contributed by atoms with Crippen LogP contribution >= 0.6 is 0 Å². The first-order valence-corrected chi connectivity index (χ1v) is 5.43. The molecule has 0 atom stereocenters. The maximum Gasteiger partial charge on any atom is 0.119 e. The number of hydrogen-bond acceptors (Lipinski definition) is 2. The van der Waals surface area contributed by atoms with E-state index >= 15 is 0 Å². The average molecular weight is 213 g/mol. The molecule has 0 aliphatic carbocycles. The van der Waals surface area contributed by atoms with Gasteiger partial charge in [0.15, 0.2) is 0 Å². The summed E-state index contributed by atoms with van der Waals surface area (Å²) in [7, 11) is 0. The summed E-state index contributed by atoms with van der Waals surface area (Å²) in [6.45, 7) is 2.75. The van der Waals surface area contributed by atoms with Gasteiger partial charge >= 0.3 is 0 Å². The van der Waals surface area contributed by atoms with Crippen molar-refractivity contribution in [1.29, 1.82) is 0 Å². The van der Waals surface area contributed by atoms with Crippen molar-refractivity contribution >= 4 is 0 Å². The second-order valence-electron chi connectivity index (χ2n) is 3.78. The number of hydrogen-bond donors (Lipinski definition) is 0. The molecule has 2 heteroatoms. The second kappa shape index (κ2) is 5.31. The van der Waals surface area contributed by atoms with Crippen LogP contribution in [0.4, 0.5) is 0 Å². The molecule has 0 saturated heterocycles. The molecule has 0 aliphatic heterocycles. The van der Waals surface area contributed by atoms with Gasteiger partial charge in [0.25, 0.3) is 0 Å². The van der Waals surface area contributed by atoms with Crippen LogP contribution in [0.1, 0.15) is 11.1 Å². The van der Waals surface area contributed by atoms with Crippen LogP contribution in [0.5, 0.6) is 5.75 Å². The molecule has 0 aliphatic rings. The van der Waals surface area contributed by atoms with Crippen molar-refractivity contribution in [3.05, 3.63) is 59.9 Å². The molecule has 0 saturated carbocycles. The van der Waals surface area contributed by atoms with Gasteiger partial charge in [-0.15, -0.1) is 0 Å². The van der Waals surface area contributed by atoms with Crippen molar-refractivity contribution in [2.24, 2.45) is 0 Å². The van der Waals surface area contributed by atoms with Gasteiger partial charge in [-0.25, -0.2) is 0 Å². The van der Waals surface area contributed by atoms with E-state index in [0.29, 0.717) is 6.61 Å². The molecule has 0 N–H and O–H groups in total.